The molecule has 3 nitrogen and oxygen atoms in total. The Hall–Kier alpha value is -3.07. The lowest BCUT2D eigenvalue weighted by Crippen LogP contribution is -2.38. The summed E-state index contributed by atoms with van der Waals surface area (Å²) < 4.78 is 5.58. The highest BCUT2D eigenvalue weighted by Crippen LogP contribution is 2.27. The minimum atomic E-state index is -0.307. The third-order valence-corrected chi connectivity index (χ3v) is 5.21. The molecular weight excluding hydrogens is 346 g/mol. The highest BCUT2D eigenvalue weighted by Gasteiger charge is 2.24. The van der Waals surface area contributed by atoms with Crippen LogP contribution in [0, 0.1) is 0 Å². The van der Waals surface area contributed by atoms with E-state index in [0.29, 0.717) is 0 Å². The van der Waals surface area contributed by atoms with Crippen LogP contribution < -0.4 is 10.1 Å². The van der Waals surface area contributed by atoms with Crippen molar-refractivity contribution in [1.82, 2.24) is 5.32 Å². The van der Waals surface area contributed by atoms with Gasteiger partial charge in [-0.2, -0.15) is 0 Å². The van der Waals surface area contributed by atoms with Gasteiger partial charge >= 0.3 is 0 Å². The minimum Gasteiger partial charge on any atom is -0.493 e. The number of fused-ring (bicyclic) bond motifs is 1. The van der Waals surface area contributed by atoms with Crippen molar-refractivity contribution in [2.75, 3.05) is 6.61 Å². The van der Waals surface area contributed by atoms with Gasteiger partial charge < -0.3 is 10.1 Å². The zero-order valence-electron chi connectivity index (χ0n) is 16.1. The first-order valence-corrected chi connectivity index (χ1v) is 9.85. The lowest BCUT2D eigenvalue weighted by atomic mass is 9.90. The average molecular weight is 371 g/mol. The SMILES string of the molecule is CC(Cc1ccc2c(c1)CCO2)NC(=O)C(c1ccccc1)c1ccccc1. The smallest absolute Gasteiger partial charge is 0.232 e. The van der Waals surface area contributed by atoms with Gasteiger partial charge in [-0.3, -0.25) is 4.79 Å². The number of nitrogens with one attached hydrogen (secondary N) is 1. The Morgan fingerprint density at radius 2 is 1.61 bits per heavy atom. The molecular formula is C25H25NO2. The summed E-state index contributed by atoms with van der Waals surface area (Å²) in [5.41, 5.74) is 4.51. The van der Waals surface area contributed by atoms with Crippen LogP contribution in [0.4, 0.5) is 0 Å². The predicted octanol–water partition coefficient (Wildman–Crippen LogP) is 4.50. The molecule has 0 bridgehead atoms. The summed E-state index contributed by atoms with van der Waals surface area (Å²) in [4.78, 5) is 13.2. The number of rotatable bonds is 6. The fourth-order valence-corrected chi connectivity index (χ4v) is 3.88. The summed E-state index contributed by atoms with van der Waals surface area (Å²) in [6.45, 7) is 2.83. The zero-order valence-corrected chi connectivity index (χ0v) is 16.1. The van der Waals surface area contributed by atoms with Crippen LogP contribution >= 0.6 is 0 Å². The van der Waals surface area contributed by atoms with E-state index in [1.54, 1.807) is 0 Å². The van der Waals surface area contributed by atoms with Crippen LogP contribution in [0.15, 0.2) is 78.9 Å². The van der Waals surface area contributed by atoms with Gasteiger partial charge in [-0.05, 0) is 41.7 Å². The van der Waals surface area contributed by atoms with E-state index >= 15 is 0 Å². The molecule has 1 N–H and O–H groups in total. The van der Waals surface area contributed by atoms with E-state index < -0.39 is 0 Å². The predicted molar refractivity (Wildman–Crippen MR) is 112 cm³/mol. The molecule has 0 aliphatic carbocycles. The average Bonchev–Trinajstić information content (AvgIpc) is 3.17. The number of benzene rings is 3. The molecule has 1 amide bonds. The van der Waals surface area contributed by atoms with Crippen LogP contribution in [-0.4, -0.2) is 18.6 Å². The second-order valence-corrected chi connectivity index (χ2v) is 7.41. The van der Waals surface area contributed by atoms with E-state index in [9.17, 15) is 4.79 Å². The normalized spacial score (nSPS) is 13.6. The van der Waals surface area contributed by atoms with E-state index in [1.165, 1.54) is 11.1 Å². The molecule has 0 saturated heterocycles. The molecule has 3 heteroatoms. The van der Waals surface area contributed by atoms with Crippen molar-refractivity contribution >= 4 is 5.91 Å². The fourth-order valence-electron chi connectivity index (χ4n) is 3.88. The minimum absolute atomic E-state index is 0.0365. The lowest BCUT2D eigenvalue weighted by molar-refractivity contribution is -0.122. The van der Waals surface area contributed by atoms with Gasteiger partial charge in [0.15, 0.2) is 0 Å². The third-order valence-electron chi connectivity index (χ3n) is 5.21. The summed E-state index contributed by atoms with van der Waals surface area (Å²) >= 11 is 0. The highest BCUT2D eigenvalue weighted by molar-refractivity contribution is 5.87. The first-order chi connectivity index (χ1) is 13.7. The second kappa shape index (κ2) is 8.30. The van der Waals surface area contributed by atoms with Crippen molar-refractivity contribution in [2.24, 2.45) is 0 Å². The van der Waals surface area contributed by atoms with Gasteiger partial charge in [0.2, 0.25) is 5.91 Å². The van der Waals surface area contributed by atoms with Crippen molar-refractivity contribution in [3.05, 3.63) is 101 Å². The maximum absolute atomic E-state index is 13.2. The van der Waals surface area contributed by atoms with E-state index in [1.807, 2.05) is 66.7 Å². The largest absolute Gasteiger partial charge is 0.493 e. The summed E-state index contributed by atoms with van der Waals surface area (Å²) in [6.07, 6.45) is 1.77. The Bertz CT molecular complexity index is 898. The molecule has 0 saturated carbocycles. The van der Waals surface area contributed by atoms with Crippen molar-refractivity contribution in [3.63, 3.8) is 0 Å². The molecule has 1 unspecified atom stereocenters. The molecule has 0 fully saturated rings. The zero-order chi connectivity index (χ0) is 19.3. The van der Waals surface area contributed by atoms with E-state index in [2.05, 4.69) is 24.4 Å². The topological polar surface area (TPSA) is 38.3 Å². The molecule has 28 heavy (non-hydrogen) atoms. The third kappa shape index (κ3) is 4.09. The van der Waals surface area contributed by atoms with Crippen molar-refractivity contribution < 1.29 is 9.53 Å². The number of carbonyl (C=O) groups is 1. The summed E-state index contributed by atoms with van der Waals surface area (Å²) in [5, 5.41) is 3.22. The van der Waals surface area contributed by atoms with Crippen molar-refractivity contribution in [2.45, 2.75) is 31.7 Å². The van der Waals surface area contributed by atoms with Gasteiger partial charge in [0.25, 0.3) is 0 Å². The highest BCUT2D eigenvalue weighted by atomic mass is 16.5. The molecule has 1 aliphatic rings. The Labute approximate surface area is 166 Å². The molecule has 1 atom stereocenters. The maximum Gasteiger partial charge on any atom is 0.232 e. The molecule has 3 aromatic carbocycles. The number of hydrogen-bond donors (Lipinski definition) is 1. The first-order valence-electron chi connectivity index (χ1n) is 9.85. The Morgan fingerprint density at radius 1 is 0.964 bits per heavy atom. The number of amides is 1. The molecule has 0 spiro atoms. The molecule has 4 rings (SSSR count). The van der Waals surface area contributed by atoms with Gasteiger partial charge in [0.1, 0.15) is 5.75 Å². The Kier molecular flexibility index (Phi) is 5.43. The van der Waals surface area contributed by atoms with Crippen LogP contribution in [0.2, 0.25) is 0 Å². The van der Waals surface area contributed by atoms with Gasteiger partial charge in [-0.1, -0.05) is 72.8 Å². The standard InChI is InChI=1S/C25H25NO2/c1-18(16-19-12-13-23-22(17-19)14-15-28-23)26-25(27)24(20-8-4-2-5-9-20)21-10-6-3-7-11-21/h2-13,17-18,24H,14-16H2,1H3,(H,26,27). The first kappa shape index (κ1) is 18.3. The number of carbonyl (C=O) groups excluding carboxylic acids is 1. The van der Waals surface area contributed by atoms with Crippen LogP contribution in [0.3, 0.4) is 0 Å². The number of hydrogen-bond acceptors (Lipinski definition) is 2. The molecule has 142 valence electrons. The summed E-state index contributed by atoms with van der Waals surface area (Å²) in [5.74, 6) is 0.723. The van der Waals surface area contributed by atoms with E-state index in [-0.39, 0.29) is 17.9 Å². The van der Waals surface area contributed by atoms with Gasteiger partial charge in [-0.15, -0.1) is 0 Å². The van der Waals surface area contributed by atoms with E-state index in [4.69, 9.17) is 4.74 Å². The van der Waals surface area contributed by atoms with Crippen molar-refractivity contribution in [1.29, 1.82) is 0 Å². The van der Waals surface area contributed by atoms with Gasteiger partial charge in [0, 0.05) is 12.5 Å². The van der Waals surface area contributed by atoms with Gasteiger partial charge in [0.05, 0.1) is 12.5 Å². The van der Waals surface area contributed by atoms with E-state index in [0.717, 1.165) is 36.3 Å². The Balaban J connectivity index is 1.49. The monoisotopic (exact) mass is 371 g/mol. The van der Waals surface area contributed by atoms with Crippen molar-refractivity contribution in [3.8, 4) is 5.75 Å². The molecule has 1 heterocycles. The molecule has 0 radical (unpaired) electrons. The molecule has 0 aromatic heterocycles. The van der Waals surface area contributed by atoms with Crippen LogP contribution in [0.1, 0.15) is 35.1 Å². The van der Waals surface area contributed by atoms with Crippen LogP contribution in [0.25, 0.3) is 0 Å². The number of ether oxygens (including phenoxy) is 1. The second-order valence-electron chi connectivity index (χ2n) is 7.41. The molecule has 3 aromatic rings. The Morgan fingerprint density at radius 3 is 2.25 bits per heavy atom. The maximum atomic E-state index is 13.2. The fraction of sp³-hybridized carbons (Fsp3) is 0.240. The van der Waals surface area contributed by atoms with Gasteiger partial charge in [-0.25, -0.2) is 0 Å². The quantitative estimate of drug-likeness (QED) is 0.693. The lowest BCUT2D eigenvalue weighted by Gasteiger charge is -2.21. The summed E-state index contributed by atoms with van der Waals surface area (Å²) in [6, 6.07) is 26.3. The van der Waals surface area contributed by atoms with Crippen LogP contribution in [-0.2, 0) is 17.6 Å². The summed E-state index contributed by atoms with van der Waals surface area (Å²) in [7, 11) is 0. The van der Waals surface area contributed by atoms with Crippen LogP contribution in [0.5, 0.6) is 5.75 Å². The molecule has 1 aliphatic heterocycles.